The number of hydrogen-bond donors (Lipinski definition) is 1. The Morgan fingerprint density at radius 3 is 2.46 bits per heavy atom. The third-order valence-corrected chi connectivity index (χ3v) is 4.81. The van der Waals surface area contributed by atoms with Gasteiger partial charge in [-0.05, 0) is 17.0 Å². The third-order valence-electron chi connectivity index (χ3n) is 4.13. The van der Waals surface area contributed by atoms with Crippen LogP contribution in [-0.2, 0) is 11.3 Å². The van der Waals surface area contributed by atoms with Crippen LogP contribution in [0.2, 0.25) is 0 Å². The third kappa shape index (κ3) is 4.43. The molecule has 1 N–H and O–H groups in total. The van der Waals surface area contributed by atoms with Crippen LogP contribution in [0.3, 0.4) is 0 Å². The summed E-state index contributed by atoms with van der Waals surface area (Å²) in [6.07, 6.45) is 0. The van der Waals surface area contributed by atoms with E-state index in [2.05, 4.69) is 10.2 Å². The molecule has 24 heavy (non-hydrogen) atoms. The van der Waals surface area contributed by atoms with E-state index in [-0.39, 0.29) is 11.8 Å². The fraction of sp³-hybridized carbons (Fsp3) is 0.333. The summed E-state index contributed by atoms with van der Waals surface area (Å²) in [6, 6.07) is 11.7. The lowest BCUT2D eigenvalue weighted by molar-refractivity contribution is -0.122. The van der Waals surface area contributed by atoms with Gasteiger partial charge in [0.15, 0.2) is 0 Å². The van der Waals surface area contributed by atoms with Crippen LogP contribution in [0, 0.1) is 0 Å². The quantitative estimate of drug-likeness (QED) is 0.901. The van der Waals surface area contributed by atoms with Gasteiger partial charge >= 0.3 is 0 Å². The van der Waals surface area contributed by atoms with Crippen LogP contribution in [0.15, 0.2) is 47.2 Å². The highest BCUT2D eigenvalue weighted by molar-refractivity contribution is 7.08. The maximum Gasteiger partial charge on any atom is 0.254 e. The molecule has 1 aromatic heterocycles. The van der Waals surface area contributed by atoms with Gasteiger partial charge in [-0.1, -0.05) is 30.3 Å². The zero-order chi connectivity index (χ0) is 16.8. The molecule has 1 aromatic carbocycles. The van der Waals surface area contributed by atoms with Gasteiger partial charge in [-0.25, -0.2) is 0 Å². The largest absolute Gasteiger partial charge is 0.351 e. The van der Waals surface area contributed by atoms with Gasteiger partial charge < -0.3 is 10.2 Å². The van der Waals surface area contributed by atoms with Crippen LogP contribution < -0.4 is 5.32 Å². The van der Waals surface area contributed by atoms with Gasteiger partial charge in [-0.3, -0.25) is 14.5 Å². The zero-order valence-electron chi connectivity index (χ0n) is 13.5. The number of amides is 2. The molecule has 0 unspecified atom stereocenters. The SMILES string of the molecule is O=C(CN1CCN(C(=O)c2ccsc2)CC1)NCc1ccccc1. The number of hydrogen-bond acceptors (Lipinski definition) is 4. The van der Waals surface area contributed by atoms with E-state index in [0.717, 1.165) is 24.2 Å². The molecule has 0 aliphatic carbocycles. The maximum absolute atomic E-state index is 12.3. The highest BCUT2D eigenvalue weighted by atomic mass is 32.1. The summed E-state index contributed by atoms with van der Waals surface area (Å²) in [6.45, 7) is 3.73. The summed E-state index contributed by atoms with van der Waals surface area (Å²) in [5, 5.41) is 6.74. The first-order valence-electron chi connectivity index (χ1n) is 8.07. The van der Waals surface area contributed by atoms with Crippen LogP contribution in [0.5, 0.6) is 0 Å². The lowest BCUT2D eigenvalue weighted by atomic mass is 10.2. The zero-order valence-corrected chi connectivity index (χ0v) is 14.3. The molecule has 2 amide bonds. The summed E-state index contributed by atoms with van der Waals surface area (Å²) in [7, 11) is 0. The first kappa shape index (κ1) is 16.7. The van der Waals surface area contributed by atoms with Crippen molar-refractivity contribution < 1.29 is 9.59 Å². The van der Waals surface area contributed by atoms with Crippen molar-refractivity contribution in [3.63, 3.8) is 0 Å². The summed E-state index contributed by atoms with van der Waals surface area (Å²) in [4.78, 5) is 28.3. The van der Waals surface area contributed by atoms with Crippen molar-refractivity contribution in [1.29, 1.82) is 0 Å². The van der Waals surface area contributed by atoms with Crippen molar-refractivity contribution in [2.45, 2.75) is 6.54 Å². The van der Waals surface area contributed by atoms with Crippen molar-refractivity contribution in [2.24, 2.45) is 0 Å². The molecule has 3 rings (SSSR count). The molecule has 0 saturated carbocycles. The van der Waals surface area contributed by atoms with Crippen molar-refractivity contribution in [2.75, 3.05) is 32.7 Å². The van der Waals surface area contributed by atoms with Gasteiger partial charge in [0.05, 0.1) is 12.1 Å². The minimum absolute atomic E-state index is 0.0245. The van der Waals surface area contributed by atoms with E-state index in [1.54, 1.807) is 0 Å². The molecular weight excluding hydrogens is 322 g/mol. The minimum atomic E-state index is 0.0245. The fourth-order valence-corrected chi connectivity index (χ4v) is 3.36. The number of nitrogens with zero attached hydrogens (tertiary/aromatic N) is 2. The topological polar surface area (TPSA) is 52.7 Å². The van der Waals surface area contributed by atoms with Crippen LogP contribution in [0.4, 0.5) is 0 Å². The minimum Gasteiger partial charge on any atom is -0.351 e. The second-order valence-electron chi connectivity index (χ2n) is 5.84. The summed E-state index contributed by atoms with van der Waals surface area (Å²) in [5.41, 5.74) is 1.85. The van der Waals surface area contributed by atoms with Crippen molar-refractivity contribution in [3.8, 4) is 0 Å². The number of carbonyl (C=O) groups is 2. The van der Waals surface area contributed by atoms with Crippen molar-refractivity contribution >= 4 is 23.2 Å². The lowest BCUT2D eigenvalue weighted by Gasteiger charge is -2.34. The van der Waals surface area contributed by atoms with Gasteiger partial charge in [-0.2, -0.15) is 11.3 Å². The fourth-order valence-electron chi connectivity index (χ4n) is 2.73. The van der Waals surface area contributed by atoms with E-state index in [9.17, 15) is 9.59 Å². The number of carbonyl (C=O) groups excluding carboxylic acids is 2. The molecule has 1 aliphatic heterocycles. The Kier molecular flexibility index (Phi) is 5.61. The Morgan fingerprint density at radius 2 is 1.79 bits per heavy atom. The van der Waals surface area contributed by atoms with Crippen LogP contribution in [-0.4, -0.2) is 54.3 Å². The number of benzene rings is 1. The molecule has 6 heteroatoms. The monoisotopic (exact) mass is 343 g/mol. The Labute approximate surface area is 145 Å². The van der Waals surface area contributed by atoms with Gasteiger partial charge in [-0.15, -0.1) is 0 Å². The molecule has 2 aromatic rings. The molecule has 1 saturated heterocycles. The molecule has 126 valence electrons. The Bertz CT molecular complexity index is 665. The Balaban J connectivity index is 1.40. The van der Waals surface area contributed by atoms with Crippen molar-refractivity contribution in [3.05, 3.63) is 58.3 Å². The van der Waals surface area contributed by atoms with Crippen molar-refractivity contribution in [1.82, 2.24) is 15.1 Å². The molecule has 0 radical (unpaired) electrons. The predicted octanol–water partition coefficient (Wildman–Crippen LogP) is 1.82. The first-order chi connectivity index (χ1) is 11.7. The standard InChI is InChI=1S/C18H21N3O2S/c22-17(19-12-15-4-2-1-3-5-15)13-20-7-9-21(10-8-20)18(23)16-6-11-24-14-16/h1-6,11,14H,7-10,12-13H2,(H,19,22). The molecule has 2 heterocycles. The number of nitrogens with one attached hydrogen (secondary N) is 1. The van der Waals surface area contributed by atoms with Crippen LogP contribution in [0.1, 0.15) is 15.9 Å². The molecule has 1 fully saturated rings. The molecule has 5 nitrogen and oxygen atoms in total. The lowest BCUT2D eigenvalue weighted by Crippen LogP contribution is -2.51. The summed E-state index contributed by atoms with van der Waals surface area (Å²) >= 11 is 1.53. The van der Waals surface area contributed by atoms with E-state index in [1.807, 2.05) is 52.1 Å². The summed E-state index contributed by atoms with van der Waals surface area (Å²) in [5.74, 6) is 0.112. The van der Waals surface area contributed by atoms with Gasteiger partial charge in [0.1, 0.15) is 0 Å². The van der Waals surface area contributed by atoms with E-state index in [0.29, 0.717) is 26.2 Å². The van der Waals surface area contributed by atoms with Crippen LogP contribution in [0.25, 0.3) is 0 Å². The molecule has 0 atom stereocenters. The van der Waals surface area contributed by atoms with E-state index < -0.39 is 0 Å². The molecular formula is C18H21N3O2S. The highest BCUT2D eigenvalue weighted by Gasteiger charge is 2.23. The second kappa shape index (κ2) is 8.08. The average Bonchev–Trinajstić information content (AvgIpc) is 3.16. The van der Waals surface area contributed by atoms with Crippen LogP contribution >= 0.6 is 11.3 Å². The molecule has 0 spiro atoms. The predicted molar refractivity (Wildman–Crippen MR) is 95.0 cm³/mol. The number of piperazine rings is 1. The smallest absolute Gasteiger partial charge is 0.254 e. The van der Waals surface area contributed by atoms with E-state index in [4.69, 9.17) is 0 Å². The average molecular weight is 343 g/mol. The first-order valence-corrected chi connectivity index (χ1v) is 9.01. The maximum atomic E-state index is 12.3. The van der Waals surface area contributed by atoms with E-state index in [1.165, 1.54) is 11.3 Å². The molecule has 0 bridgehead atoms. The van der Waals surface area contributed by atoms with Gasteiger partial charge in [0.25, 0.3) is 5.91 Å². The number of thiophene rings is 1. The molecule has 1 aliphatic rings. The van der Waals surface area contributed by atoms with Gasteiger partial charge in [0.2, 0.25) is 5.91 Å². The van der Waals surface area contributed by atoms with Gasteiger partial charge in [0, 0.05) is 38.1 Å². The Hall–Kier alpha value is -2.18. The van der Waals surface area contributed by atoms with E-state index >= 15 is 0 Å². The highest BCUT2D eigenvalue weighted by Crippen LogP contribution is 2.11. The number of rotatable bonds is 5. The Morgan fingerprint density at radius 1 is 1.04 bits per heavy atom. The second-order valence-corrected chi connectivity index (χ2v) is 6.62. The normalized spacial score (nSPS) is 15.2. The summed E-state index contributed by atoms with van der Waals surface area (Å²) < 4.78 is 0.